The lowest BCUT2D eigenvalue weighted by Crippen LogP contribution is -2.35. The number of likely N-dealkylation sites (tertiary alicyclic amines) is 1. The van der Waals surface area contributed by atoms with Gasteiger partial charge in [-0.15, -0.1) is 0 Å². The molecule has 1 aromatic rings. The van der Waals surface area contributed by atoms with Crippen molar-refractivity contribution >= 4 is 27.5 Å². The molecule has 1 heterocycles. The molecule has 7 heteroatoms. The summed E-state index contributed by atoms with van der Waals surface area (Å²) in [6.07, 6.45) is 1.46. The largest absolute Gasteiger partial charge is 0.346 e. The molecule has 1 unspecified atom stereocenters. The van der Waals surface area contributed by atoms with Crippen molar-refractivity contribution in [3.63, 3.8) is 0 Å². The Morgan fingerprint density at radius 1 is 1.33 bits per heavy atom. The minimum absolute atomic E-state index is 0.0464. The van der Waals surface area contributed by atoms with Crippen LogP contribution in [0.25, 0.3) is 0 Å². The Kier molecular flexibility index (Phi) is 4.91. The molecular formula is C14H19ClN2O3S. The van der Waals surface area contributed by atoms with Gasteiger partial charge in [0.1, 0.15) is 4.90 Å². The standard InChI is InChI=1S/C14H19ClN2O3S/c1-10-3-5-13(12(15)9-10)21(19,20)16-11-4-6-14(18)17(2)8-7-11/h3,5,9,11,16H,4,6-8H2,1-2H3. The molecule has 116 valence electrons. The van der Waals surface area contributed by atoms with Crippen molar-refractivity contribution in [3.8, 4) is 0 Å². The van der Waals surface area contributed by atoms with Crippen LogP contribution in [0.2, 0.25) is 5.02 Å². The first kappa shape index (κ1) is 16.3. The zero-order chi connectivity index (χ0) is 15.6. The van der Waals surface area contributed by atoms with Crippen molar-refractivity contribution in [2.45, 2.75) is 37.1 Å². The topological polar surface area (TPSA) is 66.5 Å². The fraction of sp³-hybridized carbons (Fsp3) is 0.500. The van der Waals surface area contributed by atoms with E-state index in [0.717, 1.165) is 5.56 Å². The van der Waals surface area contributed by atoms with Crippen LogP contribution in [0.5, 0.6) is 0 Å². The molecule has 2 rings (SSSR count). The maximum atomic E-state index is 12.4. The first-order valence-corrected chi connectivity index (χ1v) is 8.68. The van der Waals surface area contributed by atoms with Crippen LogP contribution >= 0.6 is 11.6 Å². The van der Waals surface area contributed by atoms with E-state index in [4.69, 9.17) is 11.6 Å². The van der Waals surface area contributed by atoms with Gasteiger partial charge in [0.05, 0.1) is 5.02 Å². The monoisotopic (exact) mass is 330 g/mol. The lowest BCUT2D eigenvalue weighted by molar-refractivity contribution is -0.129. The highest BCUT2D eigenvalue weighted by Gasteiger charge is 2.26. The van der Waals surface area contributed by atoms with E-state index < -0.39 is 10.0 Å². The molecule has 0 spiro atoms. The van der Waals surface area contributed by atoms with Gasteiger partial charge >= 0.3 is 0 Å². The SMILES string of the molecule is Cc1ccc(S(=O)(=O)NC2CCC(=O)N(C)CC2)c(Cl)c1. The first-order valence-electron chi connectivity index (χ1n) is 6.82. The highest BCUT2D eigenvalue weighted by atomic mass is 35.5. The average Bonchev–Trinajstić information content (AvgIpc) is 2.53. The second-order valence-electron chi connectivity index (χ2n) is 5.39. The second-order valence-corrected chi connectivity index (χ2v) is 7.48. The van der Waals surface area contributed by atoms with Crippen LogP contribution in [-0.4, -0.2) is 38.9 Å². The Labute approximate surface area is 130 Å². The third-order valence-electron chi connectivity index (χ3n) is 3.64. The van der Waals surface area contributed by atoms with E-state index >= 15 is 0 Å². The van der Waals surface area contributed by atoms with E-state index in [0.29, 0.717) is 25.8 Å². The Hall–Kier alpha value is -1.11. The van der Waals surface area contributed by atoms with Crippen LogP contribution in [0.4, 0.5) is 0 Å². The summed E-state index contributed by atoms with van der Waals surface area (Å²) in [5, 5.41) is 0.212. The van der Waals surface area contributed by atoms with Crippen LogP contribution in [0.3, 0.4) is 0 Å². The molecule has 0 bridgehead atoms. The number of nitrogens with zero attached hydrogens (tertiary/aromatic N) is 1. The lowest BCUT2D eigenvalue weighted by Gasteiger charge is -2.17. The number of benzene rings is 1. The van der Waals surface area contributed by atoms with Gasteiger partial charge in [0, 0.05) is 26.1 Å². The van der Waals surface area contributed by atoms with E-state index in [2.05, 4.69) is 4.72 Å². The highest BCUT2D eigenvalue weighted by molar-refractivity contribution is 7.89. The summed E-state index contributed by atoms with van der Waals surface area (Å²) >= 11 is 6.03. The van der Waals surface area contributed by atoms with Crippen molar-refractivity contribution in [2.75, 3.05) is 13.6 Å². The molecule has 1 aliphatic rings. The van der Waals surface area contributed by atoms with Gasteiger partial charge in [0.15, 0.2) is 0 Å². The Morgan fingerprint density at radius 3 is 2.71 bits per heavy atom. The predicted octanol–water partition coefficient (Wildman–Crippen LogP) is 1.94. The summed E-state index contributed by atoms with van der Waals surface area (Å²) in [5.74, 6) is 0.0464. The van der Waals surface area contributed by atoms with Crippen molar-refractivity contribution in [3.05, 3.63) is 28.8 Å². The Morgan fingerprint density at radius 2 is 2.05 bits per heavy atom. The van der Waals surface area contributed by atoms with Gasteiger partial charge in [0.2, 0.25) is 15.9 Å². The summed E-state index contributed by atoms with van der Waals surface area (Å²) < 4.78 is 27.5. The average molecular weight is 331 g/mol. The minimum atomic E-state index is -3.67. The maximum Gasteiger partial charge on any atom is 0.242 e. The third kappa shape index (κ3) is 3.96. The number of hydrogen-bond acceptors (Lipinski definition) is 3. The molecule has 0 saturated carbocycles. The van der Waals surface area contributed by atoms with Gasteiger partial charge in [-0.2, -0.15) is 0 Å². The Bertz CT molecular complexity index is 646. The fourth-order valence-electron chi connectivity index (χ4n) is 2.33. The van der Waals surface area contributed by atoms with Gasteiger partial charge in [-0.05, 0) is 37.5 Å². The molecule has 21 heavy (non-hydrogen) atoms. The number of carbonyl (C=O) groups is 1. The second kappa shape index (κ2) is 6.34. The Balaban J connectivity index is 2.15. The normalized spacial score (nSPS) is 20.4. The zero-order valence-electron chi connectivity index (χ0n) is 12.1. The molecule has 1 aliphatic heterocycles. The number of aryl methyl sites for hydroxylation is 1. The van der Waals surface area contributed by atoms with Crippen LogP contribution < -0.4 is 4.72 Å². The molecule has 1 N–H and O–H groups in total. The first-order chi connectivity index (χ1) is 9.79. The molecule has 0 radical (unpaired) electrons. The zero-order valence-corrected chi connectivity index (χ0v) is 13.7. The molecule has 0 aliphatic carbocycles. The predicted molar refractivity (Wildman–Crippen MR) is 81.8 cm³/mol. The molecule has 5 nitrogen and oxygen atoms in total. The molecule has 1 saturated heterocycles. The number of nitrogens with one attached hydrogen (secondary N) is 1. The summed E-state index contributed by atoms with van der Waals surface area (Å²) in [5.41, 5.74) is 0.903. The van der Waals surface area contributed by atoms with E-state index in [9.17, 15) is 13.2 Å². The van der Waals surface area contributed by atoms with Crippen molar-refractivity contribution in [1.82, 2.24) is 9.62 Å². The number of halogens is 1. The van der Waals surface area contributed by atoms with Gasteiger partial charge < -0.3 is 4.90 Å². The van der Waals surface area contributed by atoms with E-state index in [-0.39, 0.29) is 21.9 Å². The number of amides is 1. The molecule has 0 aromatic heterocycles. The summed E-state index contributed by atoms with van der Waals surface area (Å²) in [6.45, 7) is 2.40. The summed E-state index contributed by atoms with van der Waals surface area (Å²) in [6, 6.07) is 4.60. The number of rotatable bonds is 3. The van der Waals surface area contributed by atoms with Crippen LogP contribution in [0, 0.1) is 6.92 Å². The molecule has 1 fully saturated rings. The minimum Gasteiger partial charge on any atom is -0.346 e. The number of hydrogen-bond donors (Lipinski definition) is 1. The number of carbonyl (C=O) groups excluding carboxylic acids is 1. The third-order valence-corrected chi connectivity index (χ3v) is 5.65. The number of sulfonamides is 1. The van der Waals surface area contributed by atoms with Crippen LogP contribution in [0.15, 0.2) is 23.1 Å². The lowest BCUT2D eigenvalue weighted by atomic mass is 10.1. The van der Waals surface area contributed by atoms with Gasteiger partial charge in [0.25, 0.3) is 0 Å². The molecule has 1 amide bonds. The van der Waals surface area contributed by atoms with E-state index in [1.54, 1.807) is 24.1 Å². The maximum absolute atomic E-state index is 12.4. The molecular weight excluding hydrogens is 312 g/mol. The quantitative estimate of drug-likeness (QED) is 0.921. The molecule has 1 aromatic carbocycles. The molecule has 1 atom stereocenters. The van der Waals surface area contributed by atoms with E-state index in [1.165, 1.54) is 6.07 Å². The van der Waals surface area contributed by atoms with Crippen LogP contribution in [-0.2, 0) is 14.8 Å². The van der Waals surface area contributed by atoms with Gasteiger partial charge in [-0.3, -0.25) is 4.79 Å². The van der Waals surface area contributed by atoms with Gasteiger partial charge in [-0.25, -0.2) is 13.1 Å². The van der Waals surface area contributed by atoms with Crippen molar-refractivity contribution in [2.24, 2.45) is 0 Å². The summed E-state index contributed by atoms with van der Waals surface area (Å²) in [4.78, 5) is 13.3. The van der Waals surface area contributed by atoms with E-state index in [1.807, 2.05) is 6.92 Å². The smallest absolute Gasteiger partial charge is 0.242 e. The highest BCUT2D eigenvalue weighted by Crippen LogP contribution is 2.23. The van der Waals surface area contributed by atoms with Gasteiger partial charge in [-0.1, -0.05) is 17.7 Å². The van der Waals surface area contributed by atoms with Crippen molar-refractivity contribution < 1.29 is 13.2 Å². The fourth-order valence-corrected chi connectivity index (χ4v) is 4.24. The summed E-state index contributed by atoms with van der Waals surface area (Å²) in [7, 11) is -1.94. The van der Waals surface area contributed by atoms with Crippen LogP contribution in [0.1, 0.15) is 24.8 Å². The van der Waals surface area contributed by atoms with Crippen molar-refractivity contribution in [1.29, 1.82) is 0 Å².